The molecule has 2 saturated heterocycles. The highest BCUT2D eigenvalue weighted by molar-refractivity contribution is 7.98. The molecule has 40 heavy (non-hydrogen) atoms. The zero-order valence-corrected chi connectivity index (χ0v) is 24.5. The van der Waals surface area contributed by atoms with Crippen LogP contribution < -0.4 is 15.0 Å². The molecule has 1 N–H and O–H groups in total. The summed E-state index contributed by atoms with van der Waals surface area (Å²) < 4.78 is 22.4. The van der Waals surface area contributed by atoms with Crippen molar-refractivity contribution >= 4 is 21.4 Å². The second-order valence-electron chi connectivity index (χ2n) is 12.6. The van der Waals surface area contributed by atoms with Crippen LogP contribution in [0.15, 0.2) is 41.7 Å². The Hall–Kier alpha value is -3.01. The molecule has 1 aromatic carbocycles. The van der Waals surface area contributed by atoms with Crippen LogP contribution in [0.4, 0.5) is 5.82 Å². The molecule has 2 bridgehead atoms. The average Bonchev–Trinajstić information content (AvgIpc) is 3.51. The van der Waals surface area contributed by atoms with Gasteiger partial charge in [0.15, 0.2) is 0 Å². The van der Waals surface area contributed by atoms with E-state index in [0.717, 1.165) is 84.2 Å². The van der Waals surface area contributed by atoms with Crippen LogP contribution in [0.1, 0.15) is 49.2 Å². The molecule has 2 aromatic heterocycles. The molecule has 5 heterocycles. The molecule has 3 atom stereocenters. The second kappa shape index (κ2) is 9.53. The number of piperazine rings is 1. The number of nitrogens with zero attached hydrogens (tertiary/aromatic N) is 5. The van der Waals surface area contributed by atoms with Crippen LogP contribution >= 0.6 is 0 Å². The van der Waals surface area contributed by atoms with Gasteiger partial charge in [-0.1, -0.05) is 19.9 Å². The van der Waals surface area contributed by atoms with Gasteiger partial charge in [-0.05, 0) is 67.7 Å². The highest BCUT2D eigenvalue weighted by Crippen LogP contribution is 2.39. The van der Waals surface area contributed by atoms with Crippen molar-refractivity contribution in [3.63, 3.8) is 0 Å². The monoisotopic (exact) mass is 558 g/mol. The quantitative estimate of drug-likeness (QED) is 0.488. The van der Waals surface area contributed by atoms with Gasteiger partial charge in [0.2, 0.25) is 0 Å². The zero-order chi connectivity index (χ0) is 27.6. The molecule has 3 unspecified atom stereocenters. The number of hydrogen-bond acceptors (Lipinski definition) is 7. The average molecular weight is 559 g/mol. The van der Waals surface area contributed by atoms with Crippen LogP contribution in [0.3, 0.4) is 0 Å². The highest BCUT2D eigenvalue weighted by atomic mass is 32.2. The van der Waals surface area contributed by atoms with E-state index in [1.807, 2.05) is 19.2 Å². The normalized spacial score (nSPS) is 25.0. The Kier molecular flexibility index (Phi) is 6.18. The van der Waals surface area contributed by atoms with Gasteiger partial charge in [0, 0.05) is 60.3 Å². The van der Waals surface area contributed by atoms with Gasteiger partial charge < -0.3 is 15.0 Å². The maximum Gasteiger partial charge on any atom is 0.135 e. The summed E-state index contributed by atoms with van der Waals surface area (Å²) in [6.07, 6.45) is 7.76. The Bertz CT molecular complexity index is 1590. The first-order chi connectivity index (χ1) is 19.2. The summed E-state index contributed by atoms with van der Waals surface area (Å²) >= 11 is 0. The highest BCUT2D eigenvalue weighted by Gasteiger charge is 2.42. The van der Waals surface area contributed by atoms with Gasteiger partial charge >= 0.3 is 0 Å². The summed E-state index contributed by atoms with van der Waals surface area (Å²) in [7, 11) is -2.63. The fourth-order valence-electron chi connectivity index (χ4n) is 6.89. The molecule has 0 spiro atoms. The van der Waals surface area contributed by atoms with Gasteiger partial charge in [-0.25, -0.2) is 18.5 Å². The van der Waals surface area contributed by atoms with E-state index in [1.54, 1.807) is 6.33 Å². The van der Waals surface area contributed by atoms with Gasteiger partial charge in [-0.3, -0.25) is 4.98 Å². The number of aryl methyl sites for hydroxylation is 2. The first-order valence-electron chi connectivity index (χ1n) is 14.4. The van der Waals surface area contributed by atoms with Crippen LogP contribution in [0.25, 0.3) is 11.1 Å². The van der Waals surface area contributed by atoms with Gasteiger partial charge in [-0.2, -0.15) is 0 Å². The summed E-state index contributed by atoms with van der Waals surface area (Å²) in [5, 5.41) is 3.50. The van der Waals surface area contributed by atoms with Crippen molar-refractivity contribution in [1.29, 1.82) is 0 Å². The zero-order valence-electron chi connectivity index (χ0n) is 23.7. The third-order valence-electron chi connectivity index (χ3n) is 9.15. The molecule has 4 aliphatic rings. The summed E-state index contributed by atoms with van der Waals surface area (Å²) in [6, 6.07) is 9.03. The largest absolute Gasteiger partial charge is 0.491 e. The lowest BCUT2D eigenvalue weighted by molar-refractivity contribution is 0.310. The Morgan fingerprint density at radius 3 is 2.85 bits per heavy atom. The van der Waals surface area contributed by atoms with Crippen LogP contribution in [0, 0.1) is 12.3 Å². The standard InChI is InChI=1S/C31H38N6O2S/c1-20-29(40(4,38)37-18-24-13-25(37)16-33-24)12-22(15-32-20)21-5-6-28-23(11-21)17-36(9-10-39-28)30-26-14-31(2,3)8-7-27(26)34-19-35-30/h5-6,11-12,15,19,24-25,33H,4,7-10,13-14,16-18H2,1-3H3. The molecule has 3 aliphatic heterocycles. The maximum absolute atomic E-state index is 14.1. The minimum absolute atomic E-state index is 0.244. The summed E-state index contributed by atoms with van der Waals surface area (Å²) in [4.78, 5) is 17.2. The lowest BCUT2D eigenvalue weighted by atomic mass is 9.76. The van der Waals surface area contributed by atoms with E-state index in [2.05, 4.69) is 57.4 Å². The molecule has 0 amide bonds. The van der Waals surface area contributed by atoms with E-state index in [4.69, 9.17) is 14.7 Å². The van der Waals surface area contributed by atoms with Crippen LogP contribution in [0.5, 0.6) is 5.75 Å². The number of anilines is 1. The van der Waals surface area contributed by atoms with Crippen molar-refractivity contribution < 1.29 is 8.95 Å². The topological polar surface area (TPSA) is 83.5 Å². The predicted molar refractivity (Wildman–Crippen MR) is 159 cm³/mol. The van der Waals surface area contributed by atoms with E-state index in [-0.39, 0.29) is 11.5 Å². The third kappa shape index (κ3) is 4.48. The van der Waals surface area contributed by atoms with Gasteiger partial charge in [0.05, 0.1) is 26.8 Å². The number of benzene rings is 1. The number of rotatable bonds is 4. The molecule has 1 aliphatic carbocycles. The molecule has 8 nitrogen and oxygen atoms in total. The van der Waals surface area contributed by atoms with Crippen molar-refractivity contribution in [3.8, 4) is 16.9 Å². The lowest BCUT2D eigenvalue weighted by Gasteiger charge is -2.33. The molecule has 9 heteroatoms. The number of aromatic nitrogens is 3. The molecular weight excluding hydrogens is 520 g/mol. The Morgan fingerprint density at radius 1 is 1.18 bits per heavy atom. The molecular formula is C31H38N6O2S. The fraction of sp³-hybridized carbons (Fsp3) is 0.484. The second-order valence-corrected chi connectivity index (χ2v) is 14.8. The minimum Gasteiger partial charge on any atom is -0.491 e. The van der Waals surface area contributed by atoms with Gasteiger partial charge in [0.1, 0.15) is 24.5 Å². The van der Waals surface area contributed by atoms with E-state index in [1.165, 1.54) is 11.3 Å². The molecule has 0 radical (unpaired) electrons. The summed E-state index contributed by atoms with van der Waals surface area (Å²) in [5.41, 5.74) is 6.57. The lowest BCUT2D eigenvalue weighted by Crippen LogP contribution is -2.46. The van der Waals surface area contributed by atoms with Crippen molar-refractivity contribution in [3.05, 3.63) is 59.3 Å². The Labute approximate surface area is 237 Å². The third-order valence-corrected chi connectivity index (χ3v) is 11.5. The fourth-order valence-corrected chi connectivity index (χ4v) is 9.03. The Balaban J connectivity index is 1.21. The van der Waals surface area contributed by atoms with Gasteiger partial charge in [-0.15, -0.1) is 0 Å². The SMILES string of the molecule is C=S(=O)(c1cc(-c2ccc3c(c2)CN(c2ncnc4c2CC(C)(C)CC4)CCO3)cnc1C)N1CC2CC1CN2. The van der Waals surface area contributed by atoms with Crippen LogP contribution in [-0.2, 0) is 29.1 Å². The minimum atomic E-state index is -2.63. The number of nitrogens with one attached hydrogen (secondary N) is 1. The van der Waals surface area contributed by atoms with E-state index in [0.29, 0.717) is 19.2 Å². The van der Waals surface area contributed by atoms with Crippen molar-refractivity contribution in [2.24, 2.45) is 5.41 Å². The summed E-state index contributed by atoms with van der Waals surface area (Å²) in [6.45, 7) is 10.3. The van der Waals surface area contributed by atoms with Crippen LogP contribution in [0.2, 0.25) is 0 Å². The Morgan fingerprint density at radius 2 is 2.05 bits per heavy atom. The van der Waals surface area contributed by atoms with Crippen molar-refractivity contribution in [2.45, 2.75) is 70.0 Å². The van der Waals surface area contributed by atoms with E-state index < -0.39 is 9.71 Å². The number of ether oxygens (including phenoxy) is 1. The van der Waals surface area contributed by atoms with Crippen LogP contribution in [-0.4, -0.2) is 67.7 Å². The maximum atomic E-state index is 14.1. The molecule has 210 valence electrons. The summed E-state index contributed by atoms with van der Waals surface area (Å²) in [5.74, 6) is 6.19. The molecule has 2 fully saturated rings. The number of hydrogen-bond donors (Lipinski definition) is 1. The smallest absolute Gasteiger partial charge is 0.135 e. The van der Waals surface area contributed by atoms with Crippen molar-refractivity contribution in [1.82, 2.24) is 24.6 Å². The predicted octanol–water partition coefficient (Wildman–Crippen LogP) is 3.80. The van der Waals surface area contributed by atoms with E-state index in [9.17, 15) is 4.21 Å². The number of fused-ring (bicyclic) bond motifs is 4. The molecule has 3 aromatic rings. The molecule has 0 saturated carbocycles. The molecule has 7 rings (SSSR count). The van der Waals surface area contributed by atoms with E-state index >= 15 is 0 Å². The first-order valence-corrected chi connectivity index (χ1v) is 16.0. The van der Waals surface area contributed by atoms with Gasteiger partial charge in [0.25, 0.3) is 0 Å². The van der Waals surface area contributed by atoms with Crippen molar-refractivity contribution in [2.75, 3.05) is 31.1 Å². The number of pyridine rings is 1. The first kappa shape index (κ1) is 25.9.